The number of nitrogens with one attached hydrogen (secondary N) is 1. The lowest BCUT2D eigenvalue weighted by molar-refractivity contribution is 0.651. The van der Waals surface area contributed by atoms with Crippen molar-refractivity contribution >= 4 is 17.3 Å². The summed E-state index contributed by atoms with van der Waals surface area (Å²) in [5.41, 5.74) is 0.327. The largest absolute Gasteiger partial charge is 0.382 e. The number of unbranched alkanes of at least 4 members (excludes halogenated alkanes) is 3. The Hall–Kier alpha value is -1.29. The van der Waals surface area contributed by atoms with Crippen LogP contribution in [0.5, 0.6) is 0 Å². The highest BCUT2D eigenvalue weighted by molar-refractivity contribution is 6.32. The predicted octanol–water partition coefficient (Wildman–Crippen LogP) is 3.07. The van der Waals surface area contributed by atoms with Crippen molar-refractivity contribution in [2.24, 2.45) is 0 Å². The molecule has 0 radical (unpaired) electrons. The monoisotopic (exact) mass is 269 g/mol. The Morgan fingerprint density at radius 3 is 2.94 bits per heavy atom. The molecule has 0 aliphatic carbocycles. The van der Waals surface area contributed by atoms with E-state index in [1.807, 2.05) is 0 Å². The maximum Gasteiger partial charge on any atom is 0.287 e. The standard InChI is InChI=1S/C13H20ClN3O/c1-3-5-6-7-8-15-11-10-16-17(9-4-2)13(18)12(11)14/h4,10,15H,2-3,5-9H2,1H3. The number of allylic oxidation sites excluding steroid dienone is 1. The van der Waals surface area contributed by atoms with Crippen LogP contribution in [0.15, 0.2) is 23.6 Å². The Balaban J connectivity index is 2.59. The molecule has 0 saturated heterocycles. The first-order valence-corrected chi connectivity index (χ1v) is 6.68. The SMILES string of the molecule is C=CCn1ncc(NCCCCCC)c(Cl)c1=O. The fourth-order valence-corrected chi connectivity index (χ4v) is 1.83. The molecule has 0 aliphatic rings. The molecule has 0 bridgehead atoms. The van der Waals surface area contributed by atoms with E-state index < -0.39 is 0 Å². The summed E-state index contributed by atoms with van der Waals surface area (Å²) in [5, 5.41) is 7.37. The van der Waals surface area contributed by atoms with Crippen LogP contribution in [0.4, 0.5) is 5.69 Å². The molecule has 1 N–H and O–H groups in total. The van der Waals surface area contributed by atoms with Crippen molar-refractivity contribution in [3.8, 4) is 0 Å². The van der Waals surface area contributed by atoms with Gasteiger partial charge in [0.25, 0.3) is 5.56 Å². The van der Waals surface area contributed by atoms with Crippen molar-refractivity contribution in [3.63, 3.8) is 0 Å². The summed E-state index contributed by atoms with van der Waals surface area (Å²) in [4.78, 5) is 11.8. The van der Waals surface area contributed by atoms with Gasteiger partial charge in [0.2, 0.25) is 0 Å². The third kappa shape index (κ3) is 4.18. The van der Waals surface area contributed by atoms with Crippen molar-refractivity contribution in [1.29, 1.82) is 0 Å². The summed E-state index contributed by atoms with van der Waals surface area (Å²) < 4.78 is 1.29. The lowest BCUT2D eigenvalue weighted by atomic mass is 10.2. The third-order valence-corrected chi connectivity index (χ3v) is 3.00. The second kappa shape index (κ2) is 7.93. The van der Waals surface area contributed by atoms with E-state index in [1.165, 1.54) is 23.9 Å². The van der Waals surface area contributed by atoms with E-state index in [1.54, 1.807) is 12.3 Å². The maximum absolute atomic E-state index is 11.8. The number of hydrogen-bond donors (Lipinski definition) is 1. The van der Waals surface area contributed by atoms with Crippen molar-refractivity contribution in [2.75, 3.05) is 11.9 Å². The average Bonchev–Trinajstić information content (AvgIpc) is 2.37. The normalized spacial score (nSPS) is 10.3. The van der Waals surface area contributed by atoms with Gasteiger partial charge in [-0.3, -0.25) is 4.79 Å². The van der Waals surface area contributed by atoms with Gasteiger partial charge in [-0.05, 0) is 6.42 Å². The molecular weight excluding hydrogens is 250 g/mol. The maximum atomic E-state index is 11.8. The van der Waals surface area contributed by atoms with Gasteiger partial charge in [0, 0.05) is 6.54 Å². The molecule has 0 amide bonds. The first-order chi connectivity index (χ1) is 8.70. The van der Waals surface area contributed by atoms with Gasteiger partial charge in [-0.15, -0.1) is 6.58 Å². The fourth-order valence-electron chi connectivity index (χ4n) is 1.62. The van der Waals surface area contributed by atoms with Crippen molar-refractivity contribution in [2.45, 2.75) is 39.2 Å². The van der Waals surface area contributed by atoms with Gasteiger partial charge in [0.15, 0.2) is 0 Å². The molecular formula is C13H20ClN3O. The summed E-state index contributed by atoms with van der Waals surface area (Å²) in [6.07, 6.45) is 7.89. The lowest BCUT2D eigenvalue weighted by Gasteiger charge is -2.09. The van der Waals surface area contributed by atoms with Crippen LogP contribution >= 0.6 is 11.6 Å². The highest BCUT2D eigenvalue weighted by Crippen LogP contribution is 2.15. The van der Waals surface area contributed by atoms with Crippen LogP contribution in [0.2, 0.25) is 5.02 Å². The second-order valence-corrected chi connectivity index (χ2v) is 4.51. The van der Waals surface area contributed by atoms with Gasteiger partial charge in [-0.1, -0.05) is 43.9 Å². The van der Waals surface area contributed by atoms with Crippen molar-refractivity contribution in [1.82, 2.24) is 9.78 Å². The average molecular weight is 270 g/mol. The summed E-state index contributed by atoms with van der Waals surface area (Å²) in [6.45, 7) is 6.93. The zero-order valence-electron chi connectivity index (χ0n) is 10.8. The quantitative estimate of drug-likeness (QED) is 0.583. The van der Waals surface area contributed by atoms with Crippen LogP contribution in [0.1, 0.15) is 32.6 Å². The van der Waals surface area contributed by atoms with Crippen LogP contribution in [0, 0.1) is 0 Å². The molecule has 4 nitrogen and oxygen atoms in total. The van der Waals surface area contributed by atoms with E-state index in [0.717, 1.165) is 13.0 Å². The minimum Gasteiger partial charge on any atom is -0.382 e. The molecule has 1 aromatic rings. The van der Waals surface area contributed by atoms with Crippen molar-refractivity contribution in [3.05, 3.63) is 34.2 Å². The van der Waals surface area contributed by atoms with E-state index in [2.05, 4.69) is 23.9 Å². The van der Waals surface area contributed by atoms with Crippen LogP contribution in [0.3, 0.4) is 0 Å². The number of anilines is 1. The first-order valence-electron chi connectivity index (χ1n) is 6.31. The smallest absolute Gasteiger partial charge is 0.287 e. The molecule has 5 heteroatoms. The number of rotatable bonds is 8. The zero-order valence-corrected chi connectivity index (χ0v) is 11.5. The number of hydrogen-bond acceptors (Lipinski definition) is 3. The molecule has 0 fully saturated rings. The highest BCUT2D eigenvalue weighted by Gasteiger charge is 2.07. The van der Waals surface area contributed by atoms with Gasteiger partial charge >= 0.3 is 0 Å². The van der Waals surface area contributed by atoms with Gasteiger partial charge in [0.05, 0.1) is 18.4 Å². The Morgan fingerprint density at radius 1 is 1.50 bits per heavy atom. The first kappa shape index (κ1) is 14.8. The van der Waals surface area contributed by atoms with Crippen LogP contribution in [-0.4, -0.2) is 16.3 Å². The molecule has 0 saturated carbocycles. The molecule has 1 rings (SSSR count). The van der Waals surface area contributed by atoms with E-state index in [0.29, 0.717) is 12.2 Å². The van der Waals surface area contributed by atoms with Gasteiger partial charge in [-0.25, -0.2) is 4.68 Å². The molecule has 100 valence electrons. The summed E-state index contributed by atoms with van der Waals surface area (Å²) in [6, 6.07) is 0. The summed E-state index contributed by atoms with van der Waals surface area (Å²) in [7, 11) is 0. The Kier molecular flexibility index (Phi) is 6.50. The van der Waals surface area contributed by atoms with Crippen LogP contribution in [0.25, 0.3) is 0 Å². The number of aromatic nitrogens is 2. The van der Waals surface area contributed by atoms with E-state index in [9.17, 15) is 4.79 Å². The predicted molar refractivity (Wildman–Crippen MR) is 76.3 cm³/mol. The molecule has 0 aliphatic heterocycles. The molecule has 0 unspecified atom stereocenters. The van der Waals surface area contributed by atoms with E-state index in [4.69, 9.17) is 11.6 Å². The second-order valence-electron chi connectivity index (χ2n) is 4.14. The van der Waals surface area contributed by atoms with Crippen LogP contribution < -0.4 is 10.9 Å². The van der Waals surface area contributed by atoms with Crippen molar-refractivity contribution < 1.29 is 0 Å². The van der Waals surface area contributed by atoms with Gasteiger partial charge < -0.3 is 5.32 Å². The Labute approximate surface area is 113 Å². The molecule has 1 aromatic heterocycles. The molecule has 0 atom stereocenters. The highest BCUT2D eigenvalue weighted by atomic mass is 35.5. The fraction of sp³-hybridized carbons (Fsp3) is 0.538. The summed E-state index contributed by atoms with van der Waals surface area (Å²) in [5.74, 6) is 0. The van der Waals surface area contributed by atoms with E-state index >= 15 is 0 Å². The lowest BCUT2D eigenvalue weighted by Crippen LogP contribution is -2.23. The number of halogens is 1. The number of nitrogens with zero attached hydrogens (tertiary/aromatic N) is 2. The van der Waals surface area contributed by atoms with Crippen LogP contribution in [-0.2, 0) is 6.54 Å². The topological polar surface area (TPSA) is 46.9 Å². The molecule has 0 spiro atoms. The molecule has 0 aromatic carbocycles. The third-order valence-electron chi connectivity index (χ3n) is 2.63. The zero-order chi connectivity index (χ0) is 13.4. The van der Waals surface area contributed by atoms with Gasteiger partial charge in [-0.2, -0.15) is 5.10 Å². The molecule has 1 heterocycles. The minimum atomic E-state index is -0.282. The molecule has 18 heavy (non-hydrogen) atoms. The Morgan fingerprint density at radius 2 is 2.28 bits per heavy atom. The minimum absolute atomic E-state index is 0.197. The van der Waals surface area contributed by atoms with E-state index in [-0.39, 0.29) is 10.6 Å². The van der Waals surface area contributed by atoms with Gasteiger partial charge in [0.1, 0.15) is 5.02 Å². The Bertz CT molecular complexity index is 442. The summed E-state index contributed by atoms with van der Waals surface area (Å²) >= 11 is 6.00.